The second-order valence-electron chi connectivity index (χ2n) is 6.19. The van der Waals surface area contributed by atoms with E-state index in [1.807, 2.05) is 6.92 Å². The van der Waals surface area contributed by atoms with Gasteiger partial charge in [-0.25, -0.2) is 13.8 Å². The molecule has 2 heterocycles. The zero-order valence-electron chi connectivity index (χ0n) is 15.5. The number of rotatable bonds is 6. The van der Waals surface area contributed by atoms with Crippen LogP contribution in [-0.2, 0) is 13.0 Å². The maximum Gasteiger partial charge on any atom is 0.264 e. The lowest BCUT2D eigenvalue weighted by atomic mass is 10.2. The van der Waals surface area contributed by atoms with E-state index in [2.05, 4.69) is 20.1 Å². The number of aromatic nitrogens is 4. The Labute approximate surface area is 165 Å². The lowest BCUT2D eigenvalue weighted by Gasteiger charge is -2.07. The summed E-state index contributed by atoms with van der Waals surface area (Å²) in [5.41, 5.74) is 1.96. The van der Waals surface area contributed by atoms with Gasteiger partial charge in [-0.2, -0.15) is 9.97 Å². The molecule has 0 fully saturated rings. The van der Waals surface area contributed by atoms with Gasteiger partial charge in [-0.05, 0) is 42.8 Å². The third kappa shape index (κ3) is 4.43. The standard InChI is InChI=1S/C21H16F2N4O2/c1-2-17-11-18(25-20(24-17)13-6-8-15(22)9-7-13)28-12-19-26-21(27-29-19)14-4-3-5-16(23)10-14/h3-11H,2,12H2,1H3. The molecule has 29 heavy (non-hydrogen) atoms. The highest BCUT2D eigenvalue weighted by atomic mass is 19.1. The van der Waals surface area contributed by atoms with Gasteiger partial charge in [0.2, 0.25) is 11.7 Å². The number of ether oxygens (including phenoxy) is 1. The first-order chi connectivity index (χ1) is 14.1. The van der Waals surface area contributed by atoms with Crippen LogP contribution in [0.15, 0.2) is 59.1 Å². The van der Waals surface area contributed by atoms with Crippen molar-refractivity contribution in [2.45, 2.75) is 20.0 Å². The summed E-state index contributed by atoms with van der Waals surface area (Å²) >= 11 is 0. The summed E-state index contributed by atoms with van der Waals surface area (Å²) in [5.74, 6) is 0.553. The first-order valence-electron chi connectivity index (χ1n) is 8.96. The molecule has 6 nitrogen and oxygen atoms in total. The van der Waals surface area contributed by atoms with Crippen LogP contribution in [0.3, 0.4) is 0 Å². The summed E-state index contributed by atoms with van der Waals surface area (Å²) in [5, 5.41) is 3.85. The van der Waals surface area contributed by atoms with Crippen molar-refractivity contribution in [1.29, 1.82) is 0 Å². The van der Waals surface area contributed by atoms with Crippen LogP contribution >= 0.6 is 0 Å². The molecule has 0 aliphatic heterocycles. The summed E-state index contributed by atoms with van der Waals surface area (Å²) < 4.78 is 37.4. The number of aryl methyl sites for hydroxylation is 1. The molecule has 0 unspecified atom stereocenters. The summed E-state index contributed by atoms with van der Waals surface area (Å²) in [6, 6.07) is 13.6. The quantitative estimate of drug-likeness (QED) is 0.475. The number of hydrogen-bond donors (Lipinski definition) is 0. The molecular weight excluding hydrogens is 378 g/mol. The van der Waals surface area contributed by atoms with Gasteiger partial charge in [-0.1, -0.05) is 24.2 Å². The van der Waals surface area contributed by atoms with E-state index in [0.29, 0.717) is 29.3 Å². The Morgan fingerprint density at radius 1 is 0.862 bits per heavy atom. The van der Waals surface area contributed by atoms with Crippen molar-refractivity contribution in [3.8, 4) is 28.7 Å². The molecule has 0 atom stereocenters. The Morgan fingerprint density at radius 2 is 1.69 bits per heavy atom. The largest absolute Gasteiger partial charge is 0.467 e. The maximum atomic E-state index is 13.4. The Bertz CT molecular complexity index is 1130. The minimum absolute atomic E-state index is 0.00859. The van der Waals surface area contributed by atoms with E-state index >= 15 is 0 Å². The second-order valence-corrected chi connectivity index (χ2v) is 6.19. The molecule has 2 aromatic heterocycles. The van der Waals surface area contributed by atoms with Crippen LogP contribution in [-0.4, -0.2) is 20.1 Å². The highest BCUT2D eigenvalue weighted by Crippen LogP contribution is 2.21. The van der Waals surface area contributed by atoms with E-state index in [4.69, 9.17) is 9.26 Å². The van der Waals surface area contributed by atoms with Crippen LogP contribution in [0.25, 0.3) is 22.8 Å². The Kier molecular flexibility index (Phi) is 5.24. The molecule has 0 bridgehead atoms. The van der Waals surface area contributed by atoms with Gasteiger partial charge >= 0.3 is 0 Å². The monoisotopic (exact) mass is 394 g/mol. The van der Waals surface area contributed by atoms with Crippen molar-refractivity contribution in [3.05, 3.63) is 77.8 Å². The fourth-order valence-electron chi connectivity index (χ4n) is 2.65. The lowest BCUT2D eigenvalue weighted by molar-refractivity contribution is 0.235. The van der Waals surface area contributed by atoms with Crippen molar-refractivity contribution in [1.82, 2.24) is 20.1 Å². The number of halogens is 2. The summed E-state index contributed by atoms with van der Waals surface area (Å²) in [4.78, 5) is 13.1. The molecule has 0 radical (unpaired) electrons. The van der Waals surface area contributed by atoms with Crippen molar-refractivity contribution in [3.63, 3.8) is 0 Å². The number of nitrogens with zero attached hydrogens (tertiary/aromatic N) is 4. The van der Waals surface area contributed by atoms with Crippen molar-refractivity contribution in [2.75, 3.05) is 0 Å². The molecule has 0 N–H and O–H groups in total. The summed E-state index contributed by atoms with van der Waals surface area (Å²) in [7, 11) is 0. The second kappa shape index (κ2) is 8.14. The zero-order chi connectivity index (χ0) is 20.2. The van der Waals surface area contributed by atoms with E-state index in [1.54, 1.807) is 30.3 Å². The van der Waals surface area contributed by atoms with Gasteiger partial charge in [0.25, 0.3) is 5.89 Å². The number of hydrogen-bond acceptors (Lipinski definition) is 6. The average Bonchev–Trinajstić information content (AvgIpc) is 3.22. The van der Waals surface area contributed by atoms with Gasteiger partial charge in [0, 0.05) is 22.9 Å². The summed E-state index contributed by atoms with van der Waals surface area (Å²) in [6.45, 7) is 1.95. The van der Waals surface area contributed by atoms with E-state index in [1.165, 1.54) is 24.3 Å². The minimum atomic E-state index is -0.383. The lowest BCUT2D eigenvalue weighted by Crippen LogP contribution is -2.02. The number of benzene rings is 2. The van der Waals surface area contributed by atoms with Gasteiger partial charge in [0.1, 0.15) is 11.6 Å². The van der Waals surface area contributed by atoms with Crippen LogP contribution in [0, 0.1) is 11.6 Å². The van der Waals surface area contributed by atoms with Gasteiger partial charge in [0.05, 0.1) is 0 Å². The van der Waals surface area contributed by atoms with Crippen LogP contribution in [0.5, 0.6) is 5.88 Å². The molecule has 0 aliphatic rings. The normalized spacial score (nSPS) is 10.9. The first-order valence-corrected chi connectivity index (χ1v) is 8.96. The molecule has 0 saturated carbocycles. The zero-order valence-corrected chi connectivity index (χ0v) is 15.5. The predicted molar refractivity (Wildman–Crippen MR) is 101 cm³/mol. The molecule has 0 spiro atoms. The van der Waals surface area contributed by atoms with Crippen molar-refractivity contribution in [2.24, 2.45) is 0 Å². The van der Waals surface area contributed by atoms with Crippen molar-refractivity contribution < 1.29 is 18.0 Å². The third-order valence-corrected chi connectivity index (χ3v) is 4.11. The van der Waals surface area contributed by atoms with Crippen LogP contribution in [0.4, 0.5) is 8.78 Å². The van der Waals surface area contributed by atoms with Gasteiger partial charge in [-0.3, -0.25) is 0 Å². The van der Waals surface area contributed by atoms with Crippen LogP contribution in [0.2, 0.25) is 0 Å². The van der Waals surface area contributed by atoms with E-state index in [0.717, 1.165) is 5.69 Å². The Morgan fingerprint density at radius 3 is 2.45 bits per heavy atom. The maximum absolute atomic E-state index is 13.4. The minimum Gasteiger partial charge on any atom is -0.467 e. The van der Waals surface area contributed by atoms with Gasteiger partial charge < -0.3 is 9.26 Å². The third-order valence-electron chi connectivity index (χ3n) is 4.11. The van der Waals surface area contributed by atoms with Crippen LogP contribution < -0.4 is 4.74 Å². The highest BCUT2D eigenvalue weighted by molar-refractivity contribution is 5.55. The van der Waals surface area contributed by atoms with E-state index in [9.17, 15) is 8.78 Å². The van der Waals surface area contributed by atoms with E-state index in [-0.39, 0.29) is 30.0 Å². The van der Waals surface area contributed by atoms with Gasteiger partial charge in [-0.15, -0.1) is 0 Å². The molecule has 0 amide bonds. The molecule has 146 valence electrons. The molecule has 8 heteroatoms. The fraction of sp³-hybridized carbons (Fsp3) is 0.143. The van der Waals surface area contributed by atoms with Gasteiger partial charge in [0.15, 0.2) is 12.4 Å². The molecule has 0 aliphatic carbocycles. The smallest absolute Gasteiger partial charge is 0.264 e. The fourth-order valence-corrected chi connectivity index (χ4v) is 2.65. The Balaban J connectivity index is 1.52. The molecule has 2 aromatic carbocycles. The topological polar surface area (TPSA) is 73.9 Å². The molecule has 0 saturated heterocycles. The Hall–Kier alpha value is -3.68. The SMILES string of the molecule is CCc1cc(OCc2nc(-c3cccc(F)c3)no2)nc(-c2ccc(F)cc2)n1. The molecule has 4 aromatic rings. The molecular formula is C21H16F2N4O2. The highest BCUT2D eigenvalue weighted by Gasteiger charge is 2.12. The predicted octanol–water partition coefficient (Wildman–Crippen LogP) is 4.61. The van der Waals surface area contributed by atoms with E-state index < -0.39 is 0 Å². The van der Waals surface area contributed by atoms with Crippen LogP contribution in [0.1, 0.15) is 18.5 Å². The molecule has 4 rings (SSSR count). The van der Waals surface area contributed by atoms with Crippen molar-refractivity contribution >= 4 is 0 Å². The average molecular weight is 394 g/mol. The summed E-state index contributed by atoms with van der Waals surface area (Å²) in [6.07, 6.45) is 0.678. The first kappa shape index (κ1) is 18.7.